The Balaban J connectivity index is 1.49. The molecular weight excluding hydrogens is 572 g/mol. The van der Waals surface area contributed by atoms with Crippen molar-refractivity contribution < 1.29 is 18.0 Å². The molecule has 208 valence electrons. The molecule has 3 aromatic carbocycles. The Kier molecular flexibility index (Phi) is 9.25. The molecule has 10 nitrogen and oxygen atoms in total. The van der Waals surface area contributed by atoms with Gasteiger partial charge in [-0.1, -0.05) is 41.6 Å². The van der Waals surface area contributed by atoms with Crippen molar-refractivity contribution in [3.05, 3.63) is 94.8 Å². The number of amides is 2. The zero-order chi connectivity index (χ0) is 28.9. The summed E-state index contributed by atoms with van der Waals surface area (Å²) < 4.78 is 27.4. The first-order chi connectivity index (χ1) is 19.0. The van der Waals surface area contributed by atoms with Crippen LogP contribution in [0.2, 0.25) is 5.02 Å². The van der Waals surface area contributed by atoms with Crippen molar-refractivity contribution >= 4 is 50.9 Å². The molecule has 1 aromatic heterocycles. The number of thioether (sulfide) groups is 1. The molecule has 0 aliphatic carbocycles. The first-order valence-corrected chi connectivity index (χ1v) is 14.9. The predicted octanol–water partition coefficient (Wildman–Crippen LogP) is 4.14. The van der Waals surface area contributed by atoms with Crippen LogP contribution >= 0.6 is 23.4 Å². The van der Waals surface area contributed by atoms with Gasteiger partial charge in [0.25, 0.3) is 5.91 Å². The molecule has 13 heteroatoms. The van der Waals surface area contributed by atoms with E-state index in [0.29, 0.717) is 27.4 Å². The third-order valence-corrected chi connectivity index (χ3v) is 8.70. The quantitative estimate of drug-likeness (QED) is 0.263. The highest BCUT2D eigenvalue weighted by molar-refractivity contribution is 7.99. The van der Waals surface area contributed by atoms with Crippen molar-refractivity contribution in [1.29, 1.82) is 0 Å². The van der Waals surface area contributed by atoms with E-state index in [1.54, 1.807) is 22.8 Å². The Labute approximate surface area is 241 Å². The molecule has 2 N–H and O–H groups in total. The molecule has 1 heterocycles. The fraction of sp³-hybridized carbons (Fsp3) is 0.185. The van der Waals surface area contributed by atoms with Crippen LogP contribution in [0, 0.1) is 6.92 Å². The number of nitrogens with zero attached hydrogens (tertiary/aromatic N) is 4. The Bertz CT molecular complexity index is 1640. The molecule has 4 aromatic rings. The van der Waals surface area contributed by atoms with Gasteiger partial charge in [-0.2, -0.15) is 0 Å². The summed E-state index contributed by atoms with van der Waals surface area (Å²) >= 11 is 7.43. The van der Waals surface area contributed by atoms with Crippen molar-refractivity contribution in [3.63, 3.8) is 0 Å². The summed E-state index contributed by atoms with van der Waals surface area (Å²) in [4.78, 5) is 25.5. The molecule has 4 rings (SSSR count). The normalized spacial score (nSPS) is 11.4. The number of rotatable bonds is 10. The van der Waals surface area contributed by atoms with Crippen LogP contribution in [0.25, 0.3) is 5.69 Å². The van der Waals surface area contributed by atoms with Gasteiger partial charge in [0.15, 0.2) is 11.0 Å². The van der Waals surface area contributed by atoms with Crippen molar-refractivity contribution in [3.8, 4) is 5.69 Å². The van der Waals surface area contributed by atoms with E-state index in [1.165, 1.54) is 50.1 Å². The van der Waals surface area contributed by atoms with Crippen LogP contribution in [0.1, 0.15) is 21.7 Å². The number of benzene rings is 3. The number of aryl methyl sites for hydroxylation is 1. The van der Waals surface area contributed by atoms with Crippen LogP contribution < -0.4 is 10.6 Å². The zero-order valence-corrected chi connectivity index (χ0v) is 24.3. The fourth-order valence-corrected chi connectivity index (χ4v) is 5.54. The Morgan fingerprint density at radius 1 is 1.00 bits per heavy atom. The predicted molar refractivity (Wildman–Crippen MR) is 155 cm³/mol. The number of halogens is 1. The van der Waals surface area contributed by atoms with E-state index in [0.717, 1.165) is 9.87 Å². The van der Waals surface area contributed by atoms with Gasteiger partial charge in [-0.3, -0.25) is 14.2 Å². The minimum absolute atomic E-state index is 0.0200. The average molecular weight is 599 g/mol. The van der Waals surface area contributed by atoms with Gasteiger partial charge in [-0.25, -0.2) is 12.7 Å². The number of nitrogens with one attached hydrogen (secondary N) is 2. The molecule has 0 atom stereocenters. The first-order valence-electron chi connectivity index (χ1n) is 12.0. The van der Waals surface area contributed by atoms with Gasteiger partial charge in [0.1, 0.15) is 0 Å². The molecular formula is C27H27ClN6O4S2. The van der Waals surface area contributed by atoms with Crippen LogP contribution in [0.3, 0.4) is 0 Å². The Morgan fingerprint density at radius 3 is 2.40 bits per heavy atom. The molecule has 0 saturated carbocycles. The maximum absolute atomic E-state index is 12.8. The van der Waals surface area contributed by atoms with Crippen molar-refractivity contribution in [1.82, 2.24) is 24.4 Å². The van der Waals surface area contributed by atoms with Crippen molar-refractivity contribution in [2.45, 2.75) is 23.5 Å². The summed E-state index contributed by atoms with van der Waals surface area (Å²) in [7, 11) is -0.726. The lowest BCUT2D eigenvalue weighted by Gasteiger charge is -2.12. The summed E-state index contributed by atoms with van der Waals surface area (Å²) in [6, 6.07) is 20.2. The topological polar surface area (TPSA) is 126 Å². The molecule has 0 aliphatic heterocycles. The molecule has 0 aliphatic rings. The Hall–Kier alpha value is -3.71. The number of hydrogen-bond donors (Lipinski definition) is 2. The van der Waals surface area contributed by atoms with Gasteiger partial charge < -0.3 is 10.6 Å². The number of carbonyl (C=O) groups is 2. The largest absolute Gasteiger partial charge is 0.345 e. The molecule has 0 spiro atoms. The smallest absolute Gasteiger partial charge is 0.251 e. The van der Waals surface area contributed by atoms with Gasteiger partial charge in [0, 0.05) is 30.4 Å². The lowest BCUT2D eigenvalue weighted by Crippen LogP contribution is -2.25. The monoisotopic (exact) mass is 598 g/mol. The number of aromatic nitrogens is 3. The van der Waals surface area contributed by atoms with E-state index < -0.39 is 15.9 Å². The number of anilines is 1. The fourth-order valence-electron chi connectivity index (χ4n) is 3.68. The van der Waals surface area contributed by atoms with Gasteiger partial charge in [0.05, 0.1) is 22.9 Å². The maximum atomic E-state index is 12.8. The lowest BCUT2D eigenvalue weighted by molar-refractivity contribution is -0.113. The summed E-state index contributed by atoms with van der Waals surface area (Å²) in [5.74, 6) is -0.114. The van der Waals surface area contributed by atoms with Crippen LogP contribution in [-0.4, -0.2) is 59.2 Å². The maximum Gasteiger partial charge on any atom is 0.251 e. The second-order valence-corrected chi connectivity index (χ2v) is 12.4. The van der Waals surface area contributed by atoms with E-state index in [4.69, 9.17) is 11.6 Å². The van der Waals surface area contributed by atoms with E-state index in [9.17, 15) is 18.0 Å². The lowest BCUT2D eigenvalue weighted by atomic mass is 10.2. The second-order valence-electron chi connectivity index (χ2n) is 8.91. The molecule has 0 saturated heterocycles. The molecule has 0 bridgehead atoms. The van der Waals surface area contributed by atoms with Crippen LogP contribution in [0.15, 0.2) is 82.8 Å². The average Bonchev–Trinajstić information content (AvgIpc) is 3.33. The number of sulfonamides is 1. The summed E-state index contributed by atoms with van der Waals surface area (Å²) in [5.41, 5.74) is 2.69. The van der Waals surface area contributed by atoms with E-state index in [1.807, 2.05) is 37.3 Å². The highest BCUT2D eigenvalue weighted by Gasteiger charge is 2.19. The molecule has 2 amide bonds. The number of carbonyl (C=O) groups excluding carboxylic acids is 2. The van der Waals surface area contributed by atoms with Gasteiger partial charge in [-0.05, 0) is 67.1 Å². The van der Waals surface area contributed by atoms with Crippen molar-refractivity contribution in [2.24, 2.45) is 0 Å². The van der Waals surface area contributed by atoms with Gasteiger partial charge >= 0.3 is 0 Å². The highest BCUT2D eigenvalue weighted by atomic mass is 35.5. The first kappa shape index (κ1) is 29.3. The van der Waals surface area contributed by atoms with E-state index >= 15 is 0 Å². The van der Waals surface area contributed by atoms with E-state index in [-0.39, 0.29) is 28.7 Å². The zero-order valence-electron chi connectivity index (χ0n) is 22.0. The summed E-state index contributed by atoms with van der Waals surface area (Å²) in [6.45, 7) is 1.97. The minimum atomic E-state index is -3.60. The van der Waals surface area contributed by atoms with Crippen LogP contribution in [-0.2, 0) is 21.4 Å². The standard InChI is InChI=1S/C27H27ClN6O4S2/c1-18-6-4-8-21(14-18)30-25(35)17-39-27-32-31-24(34(27)22-9-5-7-20(28)15-22)16-29-26(36)19-10-12-23(13-11-19)40(37,38)33(2)3/h4-15H,16-17H2,1-3H3,(H,29,36)(H,30,35). The third-order valence-electron chi connectivity index (χ3n) is 5.70. The highest BCUT2D eigenvalue weighted by Crippen LogP contribution is 2.24. The van der Waals surface area contributed by atoms with E-state index in [2.05, 4.69) is 20.8 Å². The summed E-state index contributed by atoms with van der Waals surface area (Å²) in [6.07, 6.45) is 0. The van der Waals surface area contributed by atoms with Gasteiger partial charge in [-0.15, -0.1) is 10.2 Å². The van der Waals surface area contributed by atoms with Crippen LogP contribution in [0.4, 0.5) is 5.69 Å². The second kappa shape index (κ2) is 12.6. The van der Waals surface area contributed by atoms with Crippen LogP contribution in [0.5, 0.6) is 0 Å². The molecule has 0 radical (unpaired) electrons. The Morgan fingerprint density at radius 2 is 1.73 bits per heavy atom. The summed E-state index contributed by atoms with van der Waals surface area (Å²) in [5, 5.41) is 15.1. The number of hydrogen-bond acceptors (Lipinski definition) is 7. The van der Waals surface area contributed by atoms with Gasteiger partial charge in [0.2, 0.25) is 15.9 Å². The minimum Gasteiger partial charge on any atom is -0.345 e. The van der Waals surface area contributed by atoms with Crippen molar-refractivity contribution in [2.75, 3.05) is 25.2 Å². The third kappa shape index (κ3) is 7.07. The molecule has 40 heavy (non-hydrogen) atoms. The molecule has 0 unspecified atom stereocenters. The SMILES string of the molecule is Cc1cccc(NC(=O)CSc2nnc(CNC(=O)c3ccc(S(=O)(=O)N(C)C)cc3)n2-c2cccc(Cl)c2)c1. The molecule has 0 fully saturated rings.